The Kier molecular flexibility index (Phi) is 5.61. The van der Waals surface area contributed by atoms with Crippen LogP contribution in [0, 0.1) is 0 Å². The van der Waals surface area contributed by atoms with Crippen LogP contribution in [0.1, 0.15) is 5.56 Å². The van der Waals surface area contributed by atoms with E-state index >= 15 is 0 Å². The number of benzene rings is 2. The van der Waals surface area contributed by atoms with Gasteiger partial charge in [0.1, 0.15) is 17.0 Å². The Morgan fingerprint density at radius 2 is 1.70 bits per heavy atom. The first-order valence-electron chi connectivity index (χ1n) is 9.88. The second kappa shape index (κ2) is 8.52. The van der Waals surface area contributed by atoms with Crippen molar-refractivity contribution in [3.8, 4) is 11.1 Å². The predicted molar refractivity (Wildman–Crippen MR) is 127 cm³/mol. The molecule has 0 radical (unpaired) electrons. The van der Waals surface area contributed by atoms with Crippen LogP contribution in [0.5, 0.6) is 0 Å². The summed E-state index contributed by atoms with van der Waals surface area (Å²) < 4.78 is 0. The van der Waals surface area contributed by atoms with Crippen LogP contribution < -0.4 is 4.90 Å². The second-order valence-corrected chi connectivity index (χ2v) is 9.08. The Bertz CT molecular complexity index is 1170. The molecule has 0 unspecified atom stereocenters. The minimum absolute atomic E-state index is 0.600. The average molecular weight is 455 g/mol. The molecule has 1 aliphatic heterocycles. The number of halogens is 2. The predicted octanol–water partition coefficient (Wildman–Crippen LogP) is 5.99. The van der Waals surface area contributed by atoms with Crippen molar-refractivity contribution in [3.63, 3.8) is 0 Å². The minimum atomic E-state index is 0.600. The largest absolute Gasteiger partial charge is 0.353 e. The number of piperazine rings is 1. The average Bonchev–Trinajstić information content (AvgIpc) is 3.22. The van der Waals surface area contributed by atoms with Crippen molar-refractivity contribution in [2.45, 2.75) is 6.54 Å². The van der Waals surface area contributed by atoms with Crippen LogP contribution in [0.25, 0.3) is 21.3 Å². The maximum absolute atomic E-state index is 6.17. The van der Waals surface area contributed by atoms with Crippen LogP contribution in [0.3, 0.4) is 0 Å². The Morgan fingerprint density at radius 1 is 0.900 bits per heavy atom. The Hall–Kier alpha value is -2.18. The highest BCUT2D eigenvalue weighted by Crippen LogP contribution is 2.38. The molecule has 1 fully saturated rings. The molecule has 0 spiro atoms. The Balaban J connectivity index is 1.36. The summed E-state index contributed by atoms with van der Waals surface area (Å²) in [5.41, 5.74) is 3.61. The van der Waals surface area contributed by atoms with Gasteiger partial charge in [-0.15, -0.1) is 11.3 Å². The molecule has 0 amide bonds. The summed E-state index contributed by atoms with van der Waals surface area (Å²) in [6.45, 7) is 4.67. The van der Waals surface area contributed by atoms with Gasteiger partial charge in [0.25, 0.3) is 0 Å². The molecule has 1 aliphatic rings. The maximum atomic E-state index is 6.17. The number of hydrogen-bond acceptors (Lipinski definition) is 5. The zero-order valence-electron chi connectivity index (χ0n) is 16.3. The lowest BCUT2D eigenvalue weighted by atomic mass is 10.1. The van der Waals surface area contributed by atoms with Crippen molar-refractivity contribution < 1.29 is 0 Å². The summed E-state index contributed by atoms with van der Waals surface area (Å²) in [5.74, 6) is 1.04. The van der Waals surface area contributed by atoms with Gasteiger partial charge in [-0.3, -0.25) is 4.90 Å². The molecule has 1 saturated heterocycles. The molecule has 0 saturated carbocycles. The highest BCUT2D eigenvalue weighted by molar-refractivity contribution is 7.17. The standard InChI is InChI=1S/C23H20Cl2N4S/c24-19-7-6-16(12-20(19)25)13-28-8-10-29(11-9-28)22-21-18(17-4-2-1-3-5-17)14-30-23(21)27-15-26-22/h1-7,12,14-15H,8-11,13H2. The van der Waals surface area contributed by atoms with Crippen LogP contribution in [0.15, 0.2) is 60.2 Å². The molecule has 30 heavy (non-hydrogen) atoms. The van der Waals surface area contributed by atoms with Crippen molar-refractivity contribution in [1.29, 1.82) is 0 Å². The van der Waals surface area contributed by atoms with Gasteiger partial charge in [-0.25, -0.2) is 9.97 Å². The van der Waals surface area contributed by atoms with E-state index in [0.717, 1.165) is 48.8 Å². The summed E-state index contributed by atoms with van der Waals surface area (Å²) in [6, 6.07) is 16.4. The number of fused-ring (bicyclic) bond motifs is 1. The lowest BCUT2D eigenvalue weighted by Gasteiger charge is -2.35. The van der Waals surface area contributed by atoms with Gasteiger partial charge in [0.15, 0.2) is 0 Å². The van der Waals surface area contributed by atoms with E-state index in [2.05, 4.69) is 44.4 Å². The van der Waals surface area contributed by atoms with E-state index in [4.69, 9.17) is 28.2 Å². The van der Waals surface area contributed by atoms with E-state index in [1.807, 2.05) is 24.3 Å². The van der Waals surface area contributed by atoms with Gasteiger partial charge in [-0.2, -0.15) is 0 Å². The van der Waals surface area contributed by atoms with Gasteiger partial charge in [0, 0.05) is 43.7 Å². The van der Waals surface area contributed by atoms with E-state index in [9.17, 15) is 0 Å². The molecule has 3 heterocycles. The zero-order chi connectivity index (χ0) is 20.5. The smallest absolute Gasteiger partial charge is 0.141 e. The minimum Gasteiger partial charge on any atom is -0.353 e. The molecule has 0 atom stereocenters. The van der Waals surface area contributed by atoms with E-state index in [-0.39, 0.29) is 0 Å². The van der Waals surface area contributed by atoms with Gasteiger partial charge in [0.2, 0.25) is 0 Å². The summed E-state index contributed by atoms with van der Waals surface area (Å²) in [7, 11) is 0. The first kappa shape index (κ1) is 19.8. The monoisotopic (exact) mass is 454 g/mol. The quantitative estimate of drug-likeness (QED) is 0.379. The molecular weight excluding hydrogens is 435 g/mol. The van der Waals surface area contributed by atoms with Gasteiger partial charge >= 0.3 is 0 Å². The first-order chi connectivity index (χ1) is 14.7. The Morgan fingerprint density at radius 3 is 2.47 bits per heavy atom. The number of thiophene rings is 1. The molecule has 4 nitrogen and oxygen atoms in total. The van der Waals surface area contributed by atoms with Crippen molar-refractivity contribution >= 4 is 50.6 Å². The van der Waals surface area contributed by atoms with Crippen LogP contribution in [-0.4, -0.2) is 41.0 Å². The summed E-state index contributed by atoms with van der Waals surface area (Å²) in [6.07, 6.45) is 1.69. The number of hydrogen-bond donors (Lipinski definition) is 0. The van der Waals surface area contributed by atoms with Crippen molar-refractivity contribution in [2.24, 2.45) is 0 Å². The molecule has 4 aromatic rings. The fraction of sp³-hybridized carbons (Fsp3) is 0.217. The third-order valence-electron chi connectivity index (χ3n) is 5.50. The molecule has 0 bridgehead atoms. The molecule has 0 aliphatic carbocycles. The van der Waals surface area contributed by atoms with E-state index < -0.39 is 0 Å². The normalized spacial score (nSPS) is 15.1. The highest BCUT2D eigenvalue weighted by atomic mass is 35.5. The highest BCUT2D eigenvalue weighted by Gasteiger charge is 2.22. The van der Waals surface area contributed by atoms with Crippen LogP contribution in [0.4, 0.5) is 5.82 Å². The maximum Gasteiger partial charge on any atom is 0.141 e. The molecule has 2 aromatic heterocycles. The van der Waals surface area contributed by atoms with Gasteiger partial charge in [-0.1, -0.05) is 59.6 Å². The van der Waals surface area contributed by atoms with E-state index in [0.29, 0.717) is 10.0 Å². The van der Waals surface area contributed by atoms with E-state index in [1.54, 1.807) is 17.7 Å². The molecular formula is C23H20Cl2N4S. The van der Waals surface area contributed by atoms with E-state index in [1.165, 1.54) is 16.7 Å². The number of rotatable bonds is 4. The zero-order valence-corrected chi connectivity index (χ0v) is 18.6. The molecule has 7 heteroatoms. The van der Waals surface area contributed by atoms with Crippen molar-refractivity contribution in [2.75, 3.05) is 31.1 Å². The fourth-order valence-electron chi connectivity index (χ4n) is 3.94. The van der Waals surface area contributed by atoms with Crippen LogP contribution in [0.2, 0.25) is 10.0 Å². The molecule has 152 valence electrons. The van der Waals surface area contributed by atoms with Gasteiger partial charge in [0.05, 0.1) is 15.4 Å². The third kappa shape index (κ3) is 3.91. The lowest BCUT2D eigenvalue weighted by molar-refractivity contribution is 0.249. The topological polar surface area (TPSA) is 32.3 Å². The Labute approximate surface area is 189 Å². The van der Waals surface area contributed by atoms with Gasteiger partial charge < -0.3 is 4.90 Å². The lowest BCUT2D eigenvalue weighted by Crippen LogP contribution is -2.46. The van der Waals surface area contributed by atoms with Gasteiger partial charge in [-0.05, 0) is 23.3 Å². The summed E-state index contributed by atoms with van der Waals surface area (Å²) in [5, 5.41) is 4.57. The van der Waals surface area contributed by atoms with Crippen molar-refractivity contribution in [1.82, 2.24) is 14.9 Å². The molecule has 5 rings (SSSR count). The summed E-state index contributed by atoms with van der Waals surface area (Å²) in [4.78, 5) is 15.1. The second-order valence-electron chi connectivity index (χ2n) is 7.40. The number of aromatic nitrogens is 2. The molecule has 2 aromatic carbocycles. The first-order valence-corrected chi connectivity index (χ1v) is 11.5. The number of anilines is 1. The van der Waals surface area contributed by atoms with Crippen LogP contribution in [-0.2, 0) is 6.54 Å². The number of nitrogens with zero attached hydrogens (tertiary/aromatic N) is 4. The van der Waals surface area contributed by atoms with Crippen molar-refractivity contribution in [3.05, 3.63) is 75.8 Å². The third-order valence-corrected chi connectivity index (χ3v) is 7.12. The SMILES string of the molecule is Clc1ccc(CN2CCN(c3ncnc4scc(-c5ccccc5)c34)CC2)cc1Cl. The molecule has 0 N–H and O–H groups in total. The summed E-state index contributed by atoms with van der Waals surface area (Å²) >= 11 is 13.9. The fourth-order valence-corrected chi connectivity index (χ4v) is 5.17. The van der Waals surface area contributed by atoms with Crippen LogP contribution >= 0.6 is 34.5 Å².